The van der Waals surface area contributed by atoms with Gasteiger partial charge in [0.25, 0.3) is 0 Å². The average Bonchev–Trinajstić information content (AvgIpc) is 2.85. The fraction of sp³-hybridized carbons (Fsp3) is 0.500. The molecule has 1 unspecified atom stereocenters. The molecule has 1 aromatic heterocycles. The Morgan fingerprint density at radius 3 is 2.74 bits per heavy atom. The predicted octanol–water partition coefficient (Wildman–Crippen LogP) is 4.30. The van der Waals surface area contributed by atoms with E-state index in [2.05, 4.69) is 48.4 Å². The number of H-pyrrole nitrogens is 1. The summed E-state index contributed by atoms with van der Waals surface area (Å²) in [5, 5.41) is 5.04. The van der Waals surface area contributed by atoms with Gasteiger partial charge >= 0.3 is 0 Å². The fourth-order valence-electron chi connectivity index (χ4n) is 2.57. The summed E-state index contributed by atoms with van der Waals surface area (Å²) in [7, 11) is 0. The molecule has 2 N–H and O–H groups in total. The first-order valence-corrected chi connectivity index (χ1v) is 7.13. The summed E-state index contributed by atoms with van der Waals surface area (Å²) in [5.41, 5.74) is 2.70. The van der Waals surface area contributed by atoms with Crippen LogP contribution in [0.5, 0.6) is 0 Å². The minimum absolute atomic E-state index is 0. The lowest BCUT2D eigenvalue weighted by Crippen LogP contribution is -2.31. The van der Waals surface area contributed by atoms with Gasteiger partial charge in [0, 0.05) is 23.1 Å². The fourth-order valence-corrected chi connectivity index (χ4v) is 2.57. The number of halogens is 1. The molecule has 3 heteroatoms. The molecule has 0 radical (unpaired) electrons. The van der Waals surface area contributed by atoms with Gasteiger partial charge in [0.15, 0.2) is 0 Å². The van der Waals surface area contributed by atoms with Gasteiger partial charge in [-0.05, 0) is 43.5 Å². The first-order chi connectivity index (χ1) is 8.85. The lowest BCUT2D eigenvalue weighted by atomic mass is 9.99. The number of hydrogen-bond donors (Lipinski definition) is 2. The van der Waals surface area contributed by atoms with Crippen molar-refractivity contribution in [1.29, 1.82) is 0 Å². The Kier molecular flexibility index (Phi) is 6.96. The van der Waals surface area contributed by atoms with Gasteiger partial charge in [-0.2, -0.15) is 0 Å². The maximum Gasteiger partial charge on any atom is 0.0456 e. The van der Waals surface area contributed by atoms with Gasteiger partial charge < -0.3 is 10.3 Å². The lowest BCUT2D eigenvalue weighted by molar-refractivity contribution is 0.474. The van der Waals surface area contributed by atoms with Crippen LogP contribution in [-0.4, -0.2) is 17.6 Å². The highest BCUT2D eigenvalue weighted by Crippen LogP contribution is 2.19. The normalized spacial score (nSPS) is 12.3. The molecule has 0 saturated heterocycles. The van der Waals surface area contributed by atoms with Gasteiger partial charge in [-0.25, -0.2) is 0 Å². The van der Waals surface area contributed by atoms with Crippen LogP contribution in [0.1, 0.15) is 38.7 Å². The van der Waals surface area contributed by atoms with Crippen molar-refractivity contribution >= 4 is 23.3 Å². The predicted molar refractivity (Wildman–Crippen MR) is 86.2 cm³/mol. The van der Waals surface area contributed by atoms with E-state index in [4.69, 9.17) is 0 Å². The molecule has 0 saturated carbocycles. The Morgan fingerprint density at radius 1 is 1.16 bits per heavy atom. The number of hydrogen-bond acceptors (Lipinski definition) is 1. The molecule has 2 rings (SSSR count). The molecular formula is C16H25ClN2. The molecule has 1 atom stereocenters. The summed E-state index contributed by atoms with van der Waals surface area (Å²) >= 11 is 0. The maximum absolute atomic E-state index is 3.67. The third-order valence-electron chi connectivity index (χ3n) is 3.47. The zero-order chi connectivity index (χ0) is 12.8. The van der Waals surface area contributed by atoms with Crippen molar-refractivity contribution in [2.45, 2.75) is 45.6 Å². The molecule has 0 bridgehead atoms. The van der Waals surface area contributed by atoms with Crippen molar-refractivity contribution < 1.29 is 0 Å². The molecule has 0 aliphatic rings. The van der Waals surface area contributed by atoms with Crippen molar-refractivity contribution in [3.63, 3.8) is 0 Å². The van der Waals surface area contributed by atoms with Crippen molar-refractivity contribution in [2.75, 3.05) is 6.54 Å². The molecule has 19 heavy (non-hydrogen) atoms. The molecular weight excluding hydrogens is 256 g/mol. The van der Waals surface area contributed by atoms with Crippen LogP contribution in [0.2, 0.25) is 0 Å². The van der Waals surface area contributed by atoms with Crippen LogP contribution in [0.15, 0.2) is 30.5 Å². The van der Waals surface area contributed by atoms with E-state index in [9.17, 15) is 0 Å². The minimum atomic E-state index is 0. The van der Waals surface area contributed by atoms with Crippen molar-refractivity contribution in [3.8, 4) is 0 Å². The first kappa shape index (κ1) is 16.1. The van der Waals surface area contributed by atoms with E-state index in [0.717, 1.165) is 13.0 Å². The molecule has 0 amide bonds. The van der Waals surface area contributed by atoms with E-state index in [1.54, 1.807) is 0 Å². The monoisotopic (exact) mass is 280 g/mol. The van der Waals surface area contributed by atoms with Gasteiger partial charge in [0.1, 0.15) is 0 Å². The highest BCUT2D eigenvalue weighted by atomic mass is 35.5. The van der Waals surface area contributed by atoms with Gasteiger partial charge in [0.05, 0.1) is 0 Å². The van der Waals surface area contributed by atoms with Crippen molar-refractivity contribution in [3.05, 3.63) is 36.0 Å². The summed E-state index contributed by atoms with van der Waals surface area (Å²) in [5.74, 6) is 0. The van der Waals surface area contributed by atoms with Gasteiger partial charge in [-0.15, -0.1) is 12.4 Å². The Labute approximate surface area is 122 Å². The van der Waals surface area contributed by atoms with Gasteiger partial charge in [-0.1, -0.05) is 32.4 Å². The SMILES string of the molecule is CCCNC(CCC)Cc1cccc2[nH]ccc12.Cl. The molecule has 2 nitrogen and oxygen atoms in total. The molecule has 0 aliphatic carbocycles. The van der Waals surface area contributed by atoms with Crippen LogP contribution in [-0.2, 0) is 6.42 Å². The van der Waals surface area contributed by atoms with Crippen LogP contribution in [0, 0.1) is 0 Å². The molecule has 1 aromatic carbocycles. The second-order valence-corrected chi connectivity index (χ2v) is 5.00. The highest BCUT2D eigenvalue weighted by Gasteiger charge is 2.10. The molecule has 0 aliphatic heterocycles. The van der Waals surface area contributed by atoms with Gasteiger partial charge in [0.2, 0.25) is 0 Å². The summed E-state index contributed by atoms with van der Waals surface area (Å²) in [4.78, 5) is 3.29. The third kappa shape index (κ3) is 4.26. The van der Waals surface area contributed by atoms with E-state index in [0.29, 0.717) is 6.04 Å². The number of aromatic nitrogens is 1. The lowest BCUT2D eigenvalue weighted by Gasteiger charge is -2.18. The second kappa shape index (κ2) is 8.23. The Hall–Kier alpha value is -0.990. The van der Waals surface area contributed by atoms with E-state index >= 15 is 0 Å². The van der Waals surface area contributed by atoms with E-state index in [1.165, 1.54) is 35.7 Å². The number of aromatic amines is 1. The van der Waals surface area contributed by atoms with Gasteiger partial charge in [-0.3, -0.25) is 0 Å². The summed E-state index contributed by atoms with van der Waals surface area (Å²) in [6.45, 7) is 5.61. The summed E-state index contributed by atoms with van der Waals surface area (Å²) < 4.78 is 0. The number of rotatable bonds is 7. The zero-order valence-electron chi connectivity index (χ0n) is 11.9. The zero-order valence-corrected chi connectivity index (χ0v) is 12.7. The summed E-state index contributed by atoms with van der Waals surface area (Å²) in [6.07, 6.45) is 6.85. The minimum Gasteiger partial charge on any atom is -0.361 e. The Balaban J connectivity index is 0.00000180. The molecule has 106 valence electrons. The van der Waals surface area contributed by atoms with Crippen LogP contribution >= 0.6 is 12.4 Å². The standard InChI is InChI=1S/C16H24N2.ClH/c1-3-6-14(17-10-4-2)12-13-7-5-8-16-15(13)9-11-18-16;/h5,7-9,11,14,17-18H,3-4,6,10,12H2,1-2H3;1H. The van der Waals surface area contributed by atoms with Crippen molar-refractivity contribution in [2.24, 2.45) is 0 Å². The largest absolute Gasteiger partial charge is 0.361 e. The molecule has 2 aromatic rings. The number of nitrogens with one attached hydrogen (secondary N) is 2. The van der Waals surface area contributed by atoms with Crippen LogP contribution in [0.4, 0.5) is 0 Å². The quantitative estimate of drug-likeness (QED) is 0.777. The highest BCUT2D eigenvalue weighted by molar-refractivity contribution is 5.85. The van der Waals surface area contributed by atoms with E-state index in [-0.39, 0.29) is 12.4 Å². The smallest absolute Gasteiger partial charge is 0.0456 e. The second-order valence-electron chi connectivity index (χ2n) is 5.00. The number of benzene rings is 1. The first-order valence-electron chi connectivity index (χ1n) is 7.13. The third-order valence-corrected chi connectivity index (χ3v) is 3.47. The maximum atomic E-state index is 3.67. The van der Waals surface area contributed by atoms with Crippen molar-refractivity contribution in [1.82, 2.24) is 10.3 Å². The van der Waals surface area contributed by atoms with Crippen LogP contribution in [0.25, 0.3) is 10.9 Å². The topological polar surface area (TPSA) is 27.8 Å². The van der Waals surface area contributed by atoms with E-state index in [1.807, 2.05) is 6.20 Å². The number of fused-ring (bicyclic) bond motifs is 1. The molecule has 0 spiro atoms. The molecule has 0 fully saturated rings. The Bertz CT molecular complexity index is 478. The summed E-state index contributed by atoms with van der Waals surface area (Å²) in [6, 6.07) is 9.35. The molecule has 1 heterocycles. The van der Waals surface area contributed by atoms with Crippen LogP contribution in [0.3, 0.4) is 0 Å². The van der Waals surface area contributed by atoms with Crippen LogP contribution < -0.4 is 5.32 Å². The Morgan fingerprint density at radius 2 is 2.00 bits per heavy atom. The van der Waals surface area contributed by atoms with E-state index < -0.39 is 0 Å². The average molecular weight is 281 g/mol.